The standard InChI is InChI=1S/C58H35N5O/c1-4-14-37(15-5-1)55-46-31-33-52-54(45-21-11-13-23-51(45)64-52)53(46)44-30-28-40(35-48(44)59-55)36-24-26-39(27-25-36)57-60-56(38-16-6-2-7-17-38)61-58(62-57)41-29-32-50-47(34-41)43-20-10-12-22-49(43)63(50)42-18-8-3-9-19-42/h1-35H. The van der Waals surface area contributed by atoms with E-state index in [1.54, 1.807) is 0 Å². The van der Waals surface area contributed by atoms with E-state index in [9.17, 15) is 0 Å². The summed E-state index contributed by atoms with van der Waals surface area (Å²) in [7, 11) is 0. The summed E-state index contributed by atoms with van der Waals surface area (Å²) >= 11 is 0. The molecule has 4 heterocycles. The van der Waals surface area contributed by atoms with Gasteiger partial charge in [-0.3, -0.25) is 0 Å². The van der Waals surface area contributed by atoms with Gasteiger partial charge in [-0.1, -0.05) is 152 Å². The van der Waals surface area contributed by atoms with Crippen LogP contribution in [0.3, 0.4) is 0 Å². The number of fused-ring (bicyclic) bond motifs is 10. The number of para-hydroxylation sites is 3. The van der Waals surface area contributed by atoms with Crippen molar-refractivity contribution in [1.82, 2.24) is 24.5 Å². The molecule has 0 aliphatic carbocycles. The van der Waals surface area contributed by atoms with E-state index < -0.39 is 0 Å². The molecule has 0 atom stereocenters. The topological polar surface area (TPSA) is 69.6 Å². The third-order valence-electron chi connectivity index (χ3n) is 12.4. The summed E-state index contributed by atoms with van der Waals surface area (Å²) < 4.78 is 8.69. The quantitative estimate of drug-likeness (QED) is 0.156. The second kappa shape index (κ2) is 14.4. The van der Waals surface area contributed by atoms with Gasteiger partial charge < -0.3 is 8.98 Å². The zero-order valence-corrected chi connectivity index (χ0v) is 34.4. The van der Waals surface area contributed by atoms with E-state index in [2.05, 4.69) is 168 Å². The number of hydrogen-bond donors (Lipinski definition) is 0. The molecule has 0 aliphatic rings. The second-order valence-electron chi connectivity index (χ2n) is 16.2. The molecule has 0 amide bonds. The Labute approximate surface area is 367 Å². The van der Waals surface area contributed by atoms with Gasteiger partial charge >= 0.3 is 0 Å². The summed E-state index contributed by atoms with van der Waals surface area (Å²) in [4.78, 5) is 20.7. The van der Waals surface area contributed by atoms with Crippen LogP contribution in [0.25, 0.3) is 128 Å². The average Bonchev–Trinajstić information content (AvgIpc) is 3.92. The smallest absolute Gasteiger partial charge is 0.164 e. The van der Waals surface area contributed by atoms with E-state index in [0.29, 0.717) is 17.5 Å². The fourth-order valence-electron chi connectivity index (χ4n) is 9.44. The summed E-state index contributed by atoms with van der Waals surface area (Å²) in [6, 6.07) is 73.8. The van der Waals surface area contributed by atoms with Gasteiger partial charge in [0.15, 0.2) is 17.5 Å². The maximum atomic E-state index is 6.37. The highest BCUT2D eigenvalue weighted by molar-refractivity contribution is 6.28. The lowest BCUT2D eigenvalue weighted by Gasteiger charge is -2.13. The average molecular weight is 818 g/mol. The Kier molecular flexibility index (Phi) is 8.11. The summed E-state index contributed by atoms with van der Waals surface area (Å²) in [5.41, 5.74) is 13.0. The predicted octanol–water partition coefficient (Wildman–Crippen LogP) is 14.9. The molecule has 6 heteroatoms. The van der Waals surface area contributed by atoms with Crippen LogP contribution in [0.2, 0.25) is 0 Å². The molecular weight excluding hydrogens is 783 g/mol. The zero-order valence-electron chi connectivity index (χ0n) is 34.4. The minimum atomic E-state index is 0.609. The summed E-state index contributed by atoms with van der Waals surface area (Å²) in [5, 5.41) is 7.85. The lowest BCUT2D eigenvalue weighted by atomic mass is 9.94. The Morgan fingerprint density at radius 2 is 0.875 bits per heavy atom. The van der Waals surface area contributed by atoms with E-state index in [1.165, 1.54) is 5.39 Å². The van der Waals surface area contributed by atoms with Crippen molar-refractivity contribution in [2.45, 2.75) is 0 Å². The Balaban J connectivity index is 0.932. The minimum absolute atomic E-state index is 0.609. The second-order valence-corrected chi connectivity index (χ2v) is 16.2. The molecule has 298 valence electrons. The van der Waals surface area contributed by atoms with Crippen molar-refractivity contribution in [3.63, 3.8) is 0 Å². The van der Waals surface area contributed by atoms with E-state index in [-0.39, 0.29) is 0 Å². The van der Waals surface area contributed by atoms with Crippen LogP contribution in [0, 0.1) is 0 Å². The largest absolute Gasteiger partial charge is 0.456 e. The van der Waals surface area contributed by atoms with Gasteiger partial charge in [-0.05, 0) is 71.8 Å². The van der Waals surface area contributed by atoms with Crippen LogP contribution in [0.4, 0.5) is 0 Å². The van der Waals surface area contributed by atoms with Gasteiger partial charge in [0, 0.05) is 65.6 Å². The van der Waals surface area contributed by atoms with Crippen LogP contribution >= 0.6 is 0 Å². The van der Waals surface area contributed by atoms with Crippen molar-refractivity contribution >= 4 is 65.4 Å². The van der Waals surface area contributed by atoms with E-state index in [4.69, 9.17) is 24.4 Å². The number of nitrogens with zero attached hydrogens (tertiary/aromatic N) is 5. The number of hydrogen-bond acceptors (Lipinski definition) is 5. The summed E-state index contributed by atoms with van der Waals surface area (Å²) in [5.74, 6) is 1.85. The highest BCUT2D eigenvalue weighted by Crippen LogP contribution is 2.42. The first-order valence-corrected chi connectivity index (χ1v) is 21.5. The molecule has 9 aromatic carbocycles. The fourth-order valence-corrected chi connectivity index (χ4v) is 9.44. The minimum Gasteiger partial charge on any atom is -0.456 e. The molecule has 0 N–H and O–H groups in total. The lowest BCUT2D eigenvalue weighted by Crippen LogP contribution is -2.00. The summed E-state index contributed by atoms with van der Waals surface area (Å²) in [6.45, 7) is 0. The molecule has 0 aliphatic heterocycles. The first-order chi connectivity index (χ1) is 31.7. The third kappa shape index (κ3) is 5.81. The van der Waals surface area contributed by atoms with Crippen molar-refractivity contribution in [1.29, 1.82) is 0 Å². The van der Waals surface area contributed by atoms with Crippen LogP contribution in [0.5, 0.6) is 0 Å². The van der Waals surface area contributed by atoms with E-state index in [0.717, 1.165) is 105 Å². The van der Waals surface area contributed by atoms with Gasteiger partial charge in [-0.25, -0.2) is 19.9 Å². The van der Waals surface area contributed by atoms with Gasteiger partial charge in [-0.2, -0.15) is 0 Å². The summed E-state index contributed by atoms with van der Waals surface area (Å²) in [6.07, 6.45) is 0. The van der Waals surface area contributed by atoms with Gasteiger partial charge in [0.1, 0.15) is 11.2 Å². The molecule has 0 saturated carbocycles. The fraction of sp³-hybridized carbons (Fsp3) is 0. The number of aromatic nitrogens is 5. The van der Waals surface area contributed by atoms with E-state index in [1.807, 2.05) is 48.5 Å². The van der Waals surface area contributed by atoms with Crippen LogP contribution < -0.4 is 0 Å². The maximum absolute atomic E-state index is 6.37. The van der Waals surface area contributed by atoms with Crippen molar-refractivity contribution in [2.24, 2.45) is 0 Å². The maximum Gasteiger partial charge on any atom is 0.164 e. The Bertz CT molecular complexity index is 3930. The Morgan fingerprint density at radius 1 is 0.312 bits per heavy atom. The number of rotatable bonds is 6. The lowest BCUT2D eigenvalue weighted by molar-refractivity contribution is 0.669. The molecular formula is C58H35N5O. The Hall–Kier alpha value is -8.74. The SMILES string of the molecule is c1ccc(-c2nc(-c3ccc(-c4ccc5c(c4)nc(-c4ccccc4)c4ccc6oc7ccccc7c6c45)cc3)nc(-c3ccc4c(c3)c3ccccc3n4-c3ccccc3)n2)cc1. The molecule has 13 aromatic rings. The molecule has 6 nitrogen and oxygen atoms in total. The van der Waals surface area contributed by atoms with Crippen molar-refractivity contribution in [3.05, 3.63) is 212 Å². The first-order valence-electron chi connectivity index (χ1n) is 21.5. The van der Waals surface area contributed by atoms with Gasteiger partial charge in [0.2, 0.25) is 0 Å². The van der Waals surface area contributed by atoms with E-state index >= 15 is 0 Å². The van der Waals surface area contributed by atoms with Crippen molar-refractivity contribution < 1.29 is 4.42 Å². The first kappa shape index (κ1) is 36.0. The predicted molar refractivity (Wildman–Crippen MR) is 261 cm³/mol. The van der Waals surface area contributed by atoms with Gasteiger partial charge in [0.25, 0.3) is 0 Å². The van der Waals surface area contributed by atoms with Crippen LogP contribution in [0.1, 0.15) is 0 Å². The molecule has 4 aromatic heterocycles. The van der Waals surface area contributed by atoms with Crippen LogP contribution in [-0.4, -0.2) is 24.5 Å². The zero-order chi connectivity index (χ0) is 42.1. The van der Waals surface area contributed by atoms with Crippen molar-refractivity contribution in [2.75, 3.05) is 0 Å². The highest BCUT2D eigenvalue weighted by atomic mass is 16.3. The molecule has 0 spiro atoms. The van der Waals surface area contributed by atoms with Gasteiger partial charge in [-0.15, -0.1) is 0 Å². The third-order valence-corrected chi connectivity index (χ3v) is 12.4. The molecule has 13 rings (SSSR count). The number of benzene rings is 9. The molecule has 0 bridgehead atoms. The Morgan fingerprint density at radius 3 is 1.64 bits per heavy atom. The molecule has 0 unspecified atom stereocenters. The molecule has 0 radical (unpaired) electrons. The number of furan rings is 1. The van der Waals surface area contributed by atoms with Crippen LogP contribution in [-0.2, 0) is 0 Å². The van der Waals surface area contributed by atoms with Crippen LogP contribution in [0.15, 0.2) is 217 Å². The monoisotopic (exact) mass is 817 g/mol. The normalized spacial score (nSPS) is 11.8. The molecule has 0 saturated heterocycles. The molecule has 64 heavy (non-hydrogen) atoms. The number of pyridine rings is 1. The molecule has 0 fully saturated rings. The van der Waals surface area contributed by atoms with Gasteiger partial charge in [0.05, 0.1) is 22.2 Å². The highest BCUT2D eigenvalue weighted by Gasteiger charge is 2.19. The van der Waals surface area contributed by atoms with Crippen molar-refractivity contribution in [3.8, 4) is 62.2 Å².